The van der Waals surface area contributed by atoms with Crippen molar-refractivity contribution in [3.63, 3.8) is 0 Å². The van der Waals surface area contributed by atoms with E-state index in [1.807, 2.05) is 6.92 Å². The Morgan fingerprint density at radius 2 is 2.28 bits per heavy atom. The second-order valence-corrected chi connectivity index (χ2v) is 4.72. The van der Waals surface area contributed by atoms with Gasteiger partial charge in [-0.05, 0) is 31.9 Å². The molecule has 2 rings (SSSR count). The molecule has 1 saturated heterocycles. The van der Waals surface area contributed by atoms with Crippen molar-refractivity contribution in [2.24, 2.45) is 0 Å². The van der Waals surface area contributed by atoms with Gasteiger partial charge in [-0.15, -0.1) is 0 Å². The lowest BCUT2D eigenvalue weighted by Crippen LogP contribution is -2.36. The number of carbonyl (C=O) groups excluding carboxylic acids is 1. The molecule has 0 radical (unpaired) electrons. The number of ether oxygens (including phenoxy) is 1. The van der Waals surface area contributed by atoms with E-state index in [0.717, 1.165) is 6.42 Å². The summed E-state index contributed by atoms with van der Waals surface area (Å²) in [4.78, 5) is 14.0. The van der Waals surface area contributed by atoms with E-state index in [4.69, 9.17) is 4.74 Å². The molecular weight excluding hydrogens is 233 g/mol. The number of carbonyl (C=O) groups is 1. The Balaban J connectivity index is 2.22. The summed E-state index contributed by atoms with van der Waals surface area (Å²) < 4.78 is 19.4. The highest BCUT2D eigenvalue weighted by Crippen LogP contribution is 2.16. The third kappa shape index (κ3) is 2.70. The Morgan fingerprint density at radius 1 is 1.50 bits per heavy atom. The smallest absolute Gasteiger partial charge is 0.256 e. The fourth-order valence-electron chi connectivity index (χ4n) is 2.16. The normalized spacial score (nSPS) is 20.6. The molecule has 1 aromatic rings. The fourth-order valence-corrected chi connectivity index (χ4v) is 2.16. The predicted octanol–water partition coefficient (Wildman–Crippen LogP) is 2.39. The zero-order valence-electron chi connectivity index (χ0n) is 10.8. The first-order chi connectivity index (χ1) is 8.59. The Hall–Kier alpha value is -1.42. The zero-order valence-corrected chi connectivity index (χ0v) is 10.8. The zero-order chi connectivity index (χ0) is 13.1. The molecule has 1 heterocycles. The molecule has 0 spiro atoms. The lowest BCUT2D eigenvalue weighted by Gasteiger charge is -2.22. The van der Waals surface area contributed by atoms with Crippen LogP contribution in [0.4, 0.5) is 4.39 Å². The first-order valence-electron chi connectivity index (χ1n) is 6.25. The summed E-state index contributed by atoms with van der Waals surface area (Å²) >= 11 is 0. The Morgan fingerprint density at radius 3 is 3.06 bits per heavy atom. The molecule has 18 heavy (non-hydrogen) atoms. The number of rotatable bonds is 1. The molecule has 1 fully saturated rings. The third-order valence-corrected chi connectivity index (χ3v) is 3.16. The first kappa shape index (κ1) is 13.0. The second kappa shape index (κ2) is 5.48. The van der Waals surface area contributed by atoms with Crippen LogP contribution >= 0.6 is 0 Å². The van der Waals surface area contributed by atoms with E-state index in [0.29, 0.717) is 25.3 Å². The maximum atomic E-state index is 13.9. The van der Waals surface area contributed by atoms with Crippen LogP contribution in [0.15, 0.2) is 18.2 Å². The first-order valence-corrected chi connectivity index (χ1v) is 6.25. The number of nitrogens with zero attached hydrogens (tertiary/aromatic N) is 1. The molecule has 1 amide bonds. The van der Waals surface area contributed by atoms with Crippen LogP contribution < -0.4 is 0 Å². The highest BCUT2D eigenvalue weighted by molar-refractivity contribution is 5.94. The van der Waals surface area contributed by atoms with Crippen LogP contribution in [0.1, 0.15) is 29.3 Å². The van der Waals surface area contributed by atoms with E-state index in [-0.39, 0.29) is 17.6 Å². The van der Waals surface area contributed by atoms with Gasteiger partial charge in [0.2, 0.25) is 0 Å². The lowest BCUT2D eigenvalue weighted by atomic mass is 10.1. The van der Waals surface area contributed by atoms with Crippen LogP contribution in [-0.4, -0.2) is 36.6 Å². The molecule has 1 aliphatic rings. The molecule has 4 heteroatoms. The van der Waals surface area contributed by atoms with Gasteiger partial charge in [0.15, 0.2) is 0 Å². The SMILES string of the molecule is Cc1cccc(C(=O)N2CCCOC(C)C2)c1F. The van der Waals surface area contributed by atoms with Crippen molar-refractivity contribution in [2.45, 2.75) is 26.4 Å². The molecule has 1 aliphatic heterocycles. The summed E-state index contributed by atoms with van der Waals surface area (Å²) in [6.07, 6.45) is 0.799. The molecule has 1 aromatic carbocycles. The van der Waals surface area contributed by atoms with Gasteiger partial charge in [-0.2, -0.15) is 0 Å². The minimum atomic E-state index is -0.416. The molecule has 3 nitrogen and oxygen atoms in total. The largest absolute Gasteiger partial charge is 0.377 e. The van der Waals surface area contributed by atoms with Gasteiger partial charge >= 0.3 is 0 Å². The standard InChI is InChI=1S/C14H18FNO2/c1-10-5-3-6-12(13(10)15)14(17)16-7-4-8-18-11(2)9-16/h3,5-6,11H,4,7-9H2,1-2H3. The van der Waals surface area contributed by atoms with Crippen molar-refractivity contribution < 1.29 is 13.9 Å². The van der Waals surface area contributed by atoms with Crippen molar-refractivity contribution >= 4 is 5.91 Å². The van der Waals surface area contributed by atoms with Crippen molar-refractivity contribution in [1.29, 1.82) is 0 Å². The number of halogens is 1. The maximum absolute atomic E-state index is 13.9. The van der Waals surface area contributed by atoms with E-state index >= 15 is 0 Å². The summed E-state index contributed by atoms with van der Waals surface area (Å²) in [5, 5.41) is 0. The van der Waals surface area contributed by atoms with Crippen molar-refractivity contribution in [1.82, 2.24) is 4.90 Å². The van der Waals surface area contributed by atoms with E-state index in [1.54, 1.807) is 30.0 Å². The van der Waals surface area contributed by atoms with E-state index in [9.17, 15) is 9.18 Å². The van der Waals surface area contributed by atoms with E-state index in [1.165, 1.54) is 0 Å². The quantitative estimate of drug-likeness (QED) is 0.767. The summed E-state index contributed by atoms with van der Waals surface area (Å²) in [7, 11) is 0. The highest BCUT2D eigenvalue weighted by atomic mass is 19.1. The predicted molar refractivity (Wildman–Crippen MR) is 67.1 cm³/mol. The second-order valence-electron chi connectivity index (χ2n) is 4.72. The van der Waals surface area contributed by atoms with E-state index < -0.39 is 5.82 Å². The molecule has 1 atom stereocenters. The Kier molecular flexibility index (Phi) is 3.97. The molecule has 0 saturated carbocycles. The van der Waals surface area contributed by atoms with Crippen molar-refractivity contribution in [3.05, 3.63) is 35.1 Å². The number of aryl methyl sites for hydroxylation is 1. The van der Waals surface area contributed by atoms with Crippen LogP contribution in [0.2, 0.25) is 0 Å². The molecule has 0 bridgehead atoms. The Labute approximate surface area is 107 Å². The van der Waals surface area contributed by atoms with Gasteiger partial charge in [0.1, 0.15) is 5.82 Å². The van der Waals surface area contributed by atoms with Gasteiger partial charge < -0.3 is 9.64 Å². The minimum absolute atomic E-state index is 0.00400. The number of hydrogen-bond donors (Lipinski definition) is 0. The average Bonchev–Trinajstić information content (AvgIpc) is 2.56. The van der Waals surface area contributed by atoms with Crippen molar-refractivity contribution in [2.75, 3.05) is 19.7 Å². The fraction of sp³-hybridized carbons (Fsp3) is 0.500. The third-order valence-electron chi connectivity index (χ3n) is 3.16. The molecule has 0 aromatic heterocycles. The number of hydrogen-bond acceptors (Lipinski definition) is 2. The maximum Gasteiger partial charge on any atom is 0.256 e. The summed E-state index contributed by atoms with van der Waals surface area (Å²) in [6.45, 7) is 5.39. The van der Waals surface area contributed by atoms with Crippen LogP contribution in [-0.2, 0) is 4.74 Å². The van der Waals surface area contributed by atoms with Gasteiger partial charge in [0.05, 0.1) is 11.7 Å². The van der Waals surface area contributed by atoms with Gasteiger partial charge in [0.25, 0.3) is 5.91 Å². The van der Waals surface area contributed by atoms with Crippen LogP contribution in [0.5, 0.6) is 0 Å². The summed E-state index contributed by atoms with van der Waals surface area (Å²) in [5.41, 5.74) is 0.657. The number of amides is 1. The van der Waals surface area contributed by atoms with Crippen LogP contribution in [0.3, 0.4) is 0 Å². The molecule has 98 valence electrons. The molecule has 0 aliphatic carbocycles. The van der Waals surface area contributed by atoms with E-state index in [2.05, 4.69) is 0 Å². The van der Waals surface area contributed by atoms with Crippen LogP contribution in [0, 0.1) is 12.7 Å². The Bertz CT molecular complexity index is 447. The molecule has 1 unspecified atom stereocenters. The highest BCUT2D eigenvalue weighted by Gasteiger charge is 2.23. The van der Waals surface area contributed by atoms with Gasteiger partial charge in [-0.25, -0.2) is 4.39 Å². The minimum Gasteiger partial charge on any atom is -0.377 e. The topological polar surface area (TPSA) is 29.5 Å². The monoisotopic (exact) mass is 251 g/mol. The summed E-state index contributed by atoms with van der Waals surface area (Å²) in [6, 6.07) is 4.92. The average molecular weight is 251 g/mol. The molecule has 0 N–H and O–H groups in total. The van der Waals surface area contributed by atoms with Gasteiger partial charge in [-0.3, -0.25) is 4.79 Å². The number of benzene rings is 1. The summed E-state index contributed by atoms with van der Waals surface area (Å²) in [5.74, 6) is -0.658. The molecular formula is C14H18FNO2. The lowest BCUT2D eigenvalue weighted by molar-refractivity contribution is 0.0560. The van der Waals surface area contributed by atoms with Crippen molar-refractivity contribution in [3.8, 4) is 0 Å². The van der Waals surface area contributed by atoms with Crippen LogP contribution in [0.25, 0.3) is 0 Å². The van der Waals surface area contributed by atoms with Gasteiger partial charge in [0, 0.05) is 19.7 Å². The van der Waals surface area contributed by atoms with Gasteiger partial charge in [-0.1, -0.05) is 12.1 Å².